The number of hydrogen-bond donors (Lipinski definition) is 1. The molecule has 0 fully saturated rings. The maximum atomic E-state index is 6.26. The smallest absolute Gasteiger partial charge is 0.167 e. The minimum Gasteiger partial charge on any atom is -0.493 e. The van der Waals surface area contributed by atoms with Gasteiger partial charge >= 0.3 is 0 Å². The molecule has 3 aromatic rings. The number of nitrogens with one attached hydrogen (secondary N) is 1. The fraction of sp³-hybridized carbons (Fsp3) is 0.182. The zero-order valence-corrected chi connectivity index (χ0v) is 18.7. The standard InChI is InChI=1S/C22H20BrCl2NO2/c1-14-7-8-16(11-20(14)25)26-12-17-18(23)9-10-21(27-2)22(17)28-13-15-5-3-4-6-19(15)24/h3-11,26H,12-13H2,1-2H3. The van der Waals surface area contributed by atoms with E-state index in [-0.39, 0.29) is 0 Å². The van der Waals surface area contributed by atoms with Crippen molar-refractivity contribution in [3.8, 4) is 11.5 Å². The van der Waals surface area contributed by atoms with E-state index in [9.17, 15) is 0 Å². The van der Waals surface area contributed by atoms with Crippen molar-refractivity contribution in [3.63, 3.8) is 0 Å². The molecule has 28 heavy (non-hydrogen) atoms. The van der Waals surface area contributed by atoms with Gasteiger partial charge in [-0.15, -0.1) is 0 Å². The molecule has 0 amide bonds. The molecule has 0 unspecified atom stereocenters. The van der Waals surface area contributed by atoms with E-state index in [2.05, 4.69) is 21.2 Å². The zero-order valence-electron chi connectivity index (χ0n) is 15.6. The number of halogens is 3. The van der Waals surface area contributed by atoms with Crippen LogP contribution in [0.25, 0.3) is 0 Å². The summed E-state index contributed by atoms with van der Waals surface area (Å²) in [6.07, 6.45) is 0. The second-order valence-electron chi connectivity index (χ2n) is 6.25. The highest BCUT2D eigenvalue weighted by molar-refractivity contribution is 9.10. The molecule has 6 heteroatoms. The molecule has 1 N–H and O–H groups in total. The molecule has 3 rings (SSSR count). The van der Waals surface area contributed by atoms with Crippen LogP contribution in [-0.4, -0.2) is 7.11 Å². The Hall–Kier alpha value is -1.88. The molecule has 0 aliphatic rings. The topological polar surface area (TPSA) is 30.5 Å². The molecular weight excluding hydrogens is 461 g/mol. The van der Waals surface area contributed by atoms with Crippen LogP contribution < -0.4 is 14.8 Å². The first kappa shape index (κ1) is 20.8. The summed E-state index contributed by atoms with van der Waals surface area (Å²) in [5.74, 6) is 1.33. The third-order valence-corrected chi connectivity index (χ3v) is 5.88. The zero-order chi connectivity index (χ0) is 20.1. The fourth-order valence-corrected chi connectivity index (χ4v) is 3.55. The number of rotatable bonds is 7. The summed E-state index contributed by atoms with van der Waals surface area (Å²) < 4.78 is 12.6. The summed E-state index contributed by atoms with van der Waals surface area (Å²) in [6.45, 7) is 2.86. The summed E-state index contributed by atoms with van der Waals surface area (Å²) in [5, 5.41) is 4.79. The molecule has 0 heterocycles. The Balaban J connectivity index is 1.85. The number of aryl methyl sites for hydroxylation is 1. The van der Waals surface area contributed by atoms with E-state index in [0.29, 0.717) is 29.7 Å². The van der Waals surface area contributed by atoms with Gasteiger partial charge in [-0.05, 0) is 42.8 Å². The molecule has 146 valence electrons. The predicted molar refractivity (Wildman–Crippen MR) is 120 cm³/mol. The van der Waals surface area contributed by atoms with Crippen LogP contribution in [0, 0.1) is 6.92 Å². The quantitative estimate of drug-likeness (QED) is 0.385. The fourth-order valence-electron chi connectivity index (χ4n) is 2.72. The van der Waals surface area contributed by atoms with Gasteiger partial charge in [0.2, 0.25) is 0 Å². The van der Waals surface area contributed by atoms with Crippen molar-refractivity contribution < 1.29 is 9.47 Å². The van der Waals surface area contributed by atoms with E-state index in [0.717, 1.165) is 31.9 Å². The predicted octanol–water partition coefficient (Wildman–Crippen LogP) is 7.26. The molecule has 0 bridgehead atoms. The number of methoxy groups -OCH3 is 1. The van der Waals surface area contributed by atoms with E-state index >= 15 is 0 Å². The number of anilines is 1. The lowest BCUT2D eigenvalue weighted by Crippen LogP contribution is -2.06. The molecule has 0 aliphatic heterocycles. The first-order valence-electron chi connectivity index (χ1n) is 8.71. The summed E-state index contributed by atoms with van der Waals surface area (Å²) in [5.41, 5.74) is 3.83. The molecule has 0 radical (unpaired) electrons. The van der Waals surface area contributed by atoms with Gasteiger partial charge in [0.05, 0.1) is 7.11 Å². The molecule has 0 saturated carbocycles. The minimum atomic E-state index is 0.343. The van der Waals surface area contributed by atoms with Gasteiger partial charge in [0.15, 0.2) is 11.5 Å². The molecule has 0 saturated heterocycles. The van der Waals surface area contributed by atoms with E-state index in [1.54, 1.807) is 7.11 Å². The van der Waals surface area contributed by atoms with Gasteiger partial charge in [-0.1, -0.05) is 63.4 Å². The first-order chi connectivity index (χ1) is 13.5. The number of hydrogen-bond acceptors (Lipinski definition) is 3. The van der Waals surface area contributed by atoms with Crippen LogP contribution in [0.4, 0.5) is 5.69 Å². The monoisotopic (exact) mass is 479 g/mol. The van der Waals surface area contributed by atoms with Crippen LogP contribution in [0.5, 0.6) is 11.5 Å². The summed E-state index contributed by atoms with van der Waals surface area (Å²) in [4.78, 5) is 0. The van der Waals surface area contributed by atoms with Crippen molar-refractivity contribution in [1.82, 2.24) is 0 Å². The van der Waals surface area contributed by atoms with Gasteiger partial charge in [-0.2, -0.15) is 0 Å². The molecule has 3 aromatic carbocycles. The lowest BCUT2D eigenvalue weighted by Gasteiger charge is -2.18. The van der Waals surface area contributed by atoms with Crippen LogP contribution in [0.1, 0.15) is 16.7 Å². The lowest BCUT2D eigenvalue weighted by atomic mass is 10.1. The molecule has 3 nitrogen and oxygen atoms in total. The molecule has 0 atom stereocenters. The van der Waals surface area contributed by atoms with Crippen LogP contribution in [0.15, 0.2) is 59.1 Å². The normalized spacial score (nSPS) is 10.6. The highest BCUT2D eigenvalue weighted by Crippen LogP contribution is 2.37. The van der Waals surface area contributed by atoms with Crippen molar-refractivity contribution in [2.24, 2.45) is 0 Å². The van der Waals surface area contributed by atoms with Gasteiger partial charge in [0, 0.05) is 37.9 Å². The molecule has 0 aliphatic carbocycles. The first-order valence-corrected chi connectivity index (χ1v) is 10.3. The van der Waals surface area contributed by atoms with Crippen LogP contribution in [0.2, 0.25) is 10.0 Å². The highest BCUT2D eigenvalue weighted by Gasteiger charge is 2.15. The van der Waals surface area contributed by atoms with Gasteiger partial charge in [0.1, 0.15) is 6.61 Å². The van der Waals surface area contributed by atoms with Gasteiger partial charge < -0.3 is 14.8 Å². The van der Waals surface area contributed by atoms with E-state index in [4.69, 9.17) is 32.7 Å². The van der Waals surface area contributed by atoms with Crippen molar-refractivity contribution in [2.45, 2.75) is 20.1 Å². The molecule has 0 spiro atoms. The second-order valence-corrected chi connectivity index (χ2v) is 7.92. The second kappa shape index (κ2) is 9.55. The Morgan fingerprint density at radius 3 is 2.50 bits per heavy atom. The van der Waals surface area contributed by atoms with Gasteiger partial charge in [-0.25, -0.2) is 0 Å². The van der Waals surface area contributed by atoms with Gasteiger partial charge in [-0.3, -0.25) is 0 Å². The molecule has 0 aromatic heterocycles. The number of ether oxygens (including phenoxy) is 2. The summed E-state index contributed by atoms with van der Waals surface area (Å²) in [6, 6.07) is 17.3. The van der Waals surface area contributed by atoms with Crippen molar-refractivity contribution in [1.29, 1.82) is 0 Å². The van der Waals surface area contributed by atoms with Crippen LogP contribution in [-0.2, 0) is 13.2 Å². The van der Waals surface area contributed by atoms with Crippen LogP contribution in [0.3, 0.4) is 0 Å². The van der Waals surface area contributed by atoms with E-state index in [1.807, 2.05) is 61.5 Å². The number of benzene rings is 3. The van der Waals surface area contributed by atoms with Crippen molar-refractivity contribution in [3.05, 3.63) is 85.8 Å². The average Bonchev–Trinajstić information content (AvgIpc) is 2.69. The minimum absolute atomic E-state index is 0.343. The Bertz CT molecular complexity index is 979. The highest BCUT2D eigenvalue weighted by atomic mass is 79.9. The Kier molecular flexibility index (Phi) is 7.11. The largest absolute Gasteiger partial charge is 0.493 e. The summed E-state index contributed by atoms with van der Waals surface area (Å²) >= 11 is 16.1. The average molecular weight is 481 g/mol. The third kappa shape index (κ3) is 4.93. The lowest BCUT2D eigenvalue weighted by molar-refractivity contribution is 0.281. The van der Waals surface area contributed by atoms with E-state index in [1.165, 1.54) is 0 Å². The maximum Gasteiger partial charge on any atom is 0.167 e. The summed E-state index contributed by atoms with van der Waals surface area (Å²) in [7, 11) is 1.63. The van der Waals surface area contributed by atoms with Gasteiger partial charge in [0.25, 0.3) is 0 Å². The Labute approximate surface area is 183 Å². The molecular formula is C22H20BrCl2NO2. The maximum absolute atomic E-state index is 6.26. The Morgan fingerprint density at radius 2 is 1.79 bits per heavy atom. The van der Waals surface area contributed by atoms with Crippen molar-refractivity contribution >= 4 is 44.8 Å². The van der Waals surface area contributed by atoms with Crippen molar-refractivity contribution in [2.75, 3.05) is 12.4 Å². The Morgan fingerprint density at radius 1 is 1.00 bits per heavy atom. The van der Waals surface area contributed by atoms with E-state index < -0.39 is 0 Å². The van der Waals surface area contributed by atoms with Crippen LogP contribution >= 0.6 is 39.1 Å². The SMILES string of the molecule is COc1ccc(Br)c(CNc2ccc(C)c(Cl)c2)c1OCc1ccccc1Cl. The third-order valence-electron chi connectivity index (χ3n) is 4.36.